The minimum absolute atomic E-state index is 0.765. The molecule has 5 heteroatoms. The molecule has 3 aromatic heterocycles. The third-order valence-corrected chi connectivity index (χ3v) is 4.29. The molecule has 27 heavy (non-hydrogen) atoms. The van der Waals surface area contributed by atoms with Gasteiger partial charge in [0, 0.05) is 11.1 Å². The minimum Gasteiger partial charge on any atom is -0.472 e. The molecule has 0 saturated heterocycles. The molecule has 0 atom stereocenters. The fraction of sp³-hybridized carbons (Fsp3) is 0. The standard InChI is InChI=1S/C22H15N3O2/c1-2-6-18(7-3-1)27-19-8-4-5-16(13-19)20-9-10-22-23-14-21(25(22)24-20)17-11-12-26-15-17/h1-15H. The summed E-state index contributed by atoms with van der Waals surface area (Å²) in [7, 11) is 0. The van der Waals surface area contributed by atoms with Crippen molar-refractivity contribution < 1.29 is 9.15 Å². The molecule has 5 aromatic rings. The molecule has 5 nitrogen and oxygen atoms in total. The van der Waals surface area contributed by atoms with E-state index < -0.39 is 0 Å². The average Bonchev–Trinajstić information content (AvgIpc) is 3.38. The molecular weight excluding hydrogens is 338 g/mol. The number of imidazole rings is 1. The van der Waals surface area contributed by atoms with Gasteiger partial charge in [0.15, 0.2) is 5.65 Å². The number of rotatable bonds is 4. The van der Waals surface area contributed by atoms with Crippen LogP contribution < -0.4 is 4.74 Å². The van der Waals surface area contributed by atoms with Gasteiger partial charge in [-0.2, -0.15) is 5.10 Å². The summed E-state index contributed by atoms with van der Waals surface area (Å²) in [6.45, 7) is 0. The predicted octanol–water partition coefficient (Wildman–Crippen LogP) is 5.45. The lowest BCUT2D eigenvalue weighted by molar-refractivity contribution is 0.483. The van der Waals surface area contributed by atoms with E-state index in [4.69, 9.17) is 14.3 Å². The largest absolute Gasteiger partial charge is 0.472 e. The summed E-state index contributed by atoms with van der Waals surface area (Å²) in [5, 5.41) is 4.77. The molecule has 0 saturated carbocycles. The summed E-state index contributed by atoms with van der Waals surface area (Å²) < 4.78 is 12.9. The van der Waals surface area contributed by atoms with Crippen molar-refractivity contribution in [2.24, 2.45) is 0 Å². The number of hydrogen-bond donors (Lipinski definition) is 0. The van der Waals surface area contributed by atoms with Crippen LogP contribution in [0.2, 0.25) is 0 Å². The Kier molecular flexibility index (Phi) is 3.68. The third-order valence-electron chi connectivity index (χ3n) is 4.29. The molecule has 3 heterocycles. The molecule has 0 amide bonds. The molecule has 130 valence electrons. The second-order valence-corrected chi connectivity index (χ2v) is 6.09. The van der Waals surface area contributed by atoms with Crippen LogP contribution in [-0.4, -0.2) is 14.6 Å². The maximum absolute atomic E-state index is 5.94. The maximum atomic E-state index is 5.94. The quantitative estimate of drug-likeness (QED) is 0.431. The van der Waals surface area contributed by atoms with Crippen LogP contribution in [0.1, 0.15) is 0 Å². The Bertz CT molecular complexity index is 1190. The molecule has 0 unspecified atom stereocenters. The highest BCUT2D eigenvalue weighted by molar-refractivity contribution is 5.66. The highest BCUT2D eigenvalue weighted by Gasteiger charge is 2.10. The lowest BCUT2D eigenvalue weighted by Gasteiger charge is -2.08. The molecular formula is C22H15N3O2. The van der Waals surface area contributed by atoms with Crippen molar-refractivity contribution in [2.45, 2.75) is 0 Å². The van der Waals surface area contributed by atoms with E-state index in [1.165, 1.54) is 0 Å². The molecule has 0 bridgehead atoms. The maximum Gasteiger partial charge on any atom is 0.154 e. The van der Waals surface area contributed by atoms with E-state index >= 15 is 0 Å². The van der Waals surface area contributed by atoms with Gasteiger partial charge in [0.2, 0.25) is 0 Å². The van der Waals surface area contributed by atoms with Gasteiger partial charge in [0.25, 0.3) is 0 Å². The Morgan fingerprint density at radius 3 is 2.56 bits per heavy atom. The fourth-order valence-corrected chi connectivity index (χ4v) is 2.98. The van der Waals surface area contributed by atoms with Crippen molar-refractivity contribution in [3.63, 3.8) is 0 Å². The van der Waals surface area contributed by atoms with Crippen molar-refractivity contribution in [3.05, 3.63) is 91.5 Å². The van der Waals surface area contributed by atoms with Crippen LogP contribution in [-0.2, 0) is 0 Å². The molecule has 5 rings (SSSR count). The molecule has 2 aromatic carbocycles. The topological polar surface area (TPSA) is 52.6 Å². The van der Waals surface area contributed by atoms with E-state index in [0.29, 0.717) is 0 Å². The van der Waals surface area contributed by atoms with E-state index in [2.05, 4.69) is 4.98 Å². The van der Waals surface area contributed by atoms with Crippen molar-refractivity contribution in [1.82, 2.24) is 14.6 Å². The van der Waals surface area contributed by atoms with Gasteiger partial charge in [-0.15, -0.1) is 0 Å². The second kappa shape index (κ2) is 6.46. The smallest absolute Gasteiger partial charge is 0.154 e. The zero-order chi connectivity index (χ0) is 18.1. The van der Waals surface area contributed by atoms with E-state index in [0.717, 1.165) is 39.7 Å². The summed E-state index contributed by atoms with van der Waals surface area (Å²) in [5.41, 5.74) is 4.41. The monoisotopic (exact) mass is 353 g/mol. The first-order valence-corrected chi connectivity index (χ1v) is 8.57. The van der Waals surface area contributed by atoms with Crippen LogP contribution in [0, 0.1) is 0 Å². The first-order valence-electron chi connectivity index (χ1n) is 8.57. The van der Waals surface area contributed by atoms with Crippen LogP contribution in [0.4, 0.5) is 0 Å². The van der Waals surface area contributed by atoms with Crippen LogP contribution >= 0.6 is 0 Å². The van der Waals surface area contributed by atoms with E-state index in [-0.39, 0.29) is 0 Å². The Morgan fingerprint density at radius 2 is 1.70 bits per heavy atom. The first-order chi connectivity index (χ1) is 13.4. The highest BCUT2D eigenvalue weighted by atomic mass is 16.5. The van der Waals surface area contributed by atoms with Gasteiger partial charge in [-0.3, -0.25) is 0 Å². The summed E-state index contributed by atoms with van der Waals surface area (Å²) in [6, 6.07) is 23.4. The zero-order valence-electron chi connectivity index (χ0n) is 14.3. The zero-order valence-corrected chi connectivity index (χ0v) is 14.3. The number of para-hydroxylation sites is 1. The van der Waals surface area contributed by atoms with Gasteiger partial charge in [0.1, 0.15) is 11.5 Å². The predicted molar refractivity (Wildman–Crippen MR) is 103 cm³/mol. The van der Waals surface area contributed by atoms with Crippen molar-refractivity contribution in [1.29, 1.82) is 0 Å². The number of furan rings is 1. The van der Waals surface area contributed by atoms with Gasteiger partial charge in [0.05, 0.1) is 30.1 Å². The number of nitrogens with zero attached hydrogens (tertiary/aromatic N) is 3. The van der Waals surface area contributed by atoms with Gasteiger partial charge in [-0.05, 0) is 42.5 Å². The number of aromatic nitrogens is 3. The van der Waals surface area contributed by atoms with Crippen LogP contribution in [0.5, 0.6) is 11.5 Å². The molecule has 0 aliphatic carbocycles. The molecule has 0 spiro atoms. The SMILES string of the molecule is c1ccc(Oc2cccc(-c3ccc4ncc(-c5ccoc5)n4n3)c2)cc1. The lowest BCUT2D eigenvalue weighted by Crippen LogP contribution is -1.96. The number of benzene rings is 2. The first kappa shape index (κ1) is 15.4. The molecule has 0 fully saturated rings. The average molecular weight is 353 g/mol. The minimum atomic E-state index is 0.765. The highest BCUT2D eigenvalue weighted by Crippen LogP contribution is 2.27. The number of hydrogen-bond acceptors (Lipinski definition) is 4. The number of fused-ring (bicyclic) bond motifs is 1. The van der Waals surface area contributed by atoms with Crippen molar-refractivity contribution in [2.75, 3.05) is 0 Å². The fourth-order valence-electron chi connectivity index (χ4n) is 2.98. The Hall–Kier alpha value is -3.86. The lowest BCUT2D eigenvalue weighted by atomic mass is 10.1. The van der Waals surface area contributed by atoms with Crippen LogP contribution in [0.3, 0.4) is 0 Å². The molecule has 0 N–H and O–H groups in total. The van der Waals surface area contributed by atoms with E-state index in [9.17, 15) is 0 Å². The van der Waals surface area contributed by atoms with Crippen molar-refractivity contribution in [3.8, 4) is 34.0 Å². The number of ether oxygens (including phenoxy) is 1. The van der Waals surface area contributed by atoms with Crippen LogP contribution in [0.15, 0.2) is 95.9 Å². The Morgan fingerprint density at radius 1 is 0.815 bits per heavy atom. The molecule has 0 aliphatic heterocycles. The summed E-state index contributed by atoms with van der Waals surface area (Å²) >= 11 is 0. The van der Waals surface area contributed by atoms with E-state index in [1.807, 2.05) is 77.3 Å². The molecule has 0 aliphatic rings. The second-order valence-electron chi connectivity index (χ2n) is 6.09. The Balaban J connectivity index is 1.54. The third kappa shape index (κ3) is 2.95. The summed E-state index contributed by atoms with van der Waals surface area (Å²) in [6.07, 6.45) is 5.13. The van der Waals surface area contributed by atoms with Gasteiger partial charge in [-0.25, -0.2) is 9.50 Å². The van der Waals surface area contributed by atoms with Crippen LogP contribution in [0.25, 0.3) is 28.2 Å². The summed E-state index contributed by atoms with van der Waals surface area (Å²) in [5.74, 6) is 1.57. The normalized spacial score (nSPS) is 11.0. The van der Waals surface area contributed by atoms with Gasteiger partial charge < -0.3 is 9.15 Å². The van der Waals surface area contributed by atoms with Gasteiger partial charge in [-0.1, -0.05) is 30.3 Å². The Labute approximate surface area is 155 Å². The van der Waals surface area contributed by atoms with Gasteiger partial charge >= 0.3 is 0 Å². The summed E-state index contributed by atoms with van der Waals surface area (Å²) in [4.78, 5) is 4.42. The van der Waals surface area contributed by atoms with E-state index in [1.54, 1.807) is 18.7 Å². The molecule has 0 radical (unpaired) electrons. The van der Waals surface area contributed by atoms with Crippen molar-refractivity contribution >= 4 is 5.65 Å².